The summed E-state index contributed by atoms with van der Waals surface area (Å²) < 4.78 is 5.00. The number of hydrogen-bond donors (Lipinski definition) is 0. The molecule has 19 heavy (non-hydrogen) atoms. The zero-order chi connectivity index (χ0) is 14.4. The van der Waals surface area contributed by atoms with Crippen LogP contribution < -0.4 is 0 Å². The predicted octanol–water partition coefficient (Wildman–Crippen LogP) is 2.39. The molecule has 1 saturated carbocycles. The van der Waals surface area contributed by atoms with Crippen molar-refractivity contribution in [1.82, 2.24) is 4.90 Å². The highest BCUT2D eigenvalue weighted by Gasteiger charge is 2.38. The minimum absolute atomic E-state index is 0.0133. The van der Waals surface area contributed by atoms with Gasteiger partial charge in [-0.25, -0.2) is 4.79 Å². The lowest BCUT2D eigenvalue weighted by Crippen LogP contribution is -2.26. The van der Waals surface area contributed by atoms with Gasteiger partial charge < -0.3 is 9.64 Å². The Labute approximate surface area is 115 Å². The molecule has 1 fully saturated rings. The monoisotopic (exact) mass is 267 g/mol. The lowest BCUT2D eigenvalue weighted by molar-refractivity contribution is -0.140. The molecular formula is C15H25NO3. The fourth-order valence-corrected chi connectivity index (χ4v) is 2.27. The highest BCUT2D eigenvalue weighted by atomic mass is 16.5. The summed E-state index contributed by atoms with van der Waals surface area (Å²) in [6.45, 7) is 4.11. The van der Waals surface area contributed by atoms with Crippen molar-refractivity contribution in [3.8, 4) is 0 Å². The summed E-state index contributed by atoms with van der Waals surface area (Å²) in [4.78, 5) is 26.2. The molecule has 0 amide bonds. The van der Waals surface area contributed by atoms with Crippen LogP contribution in [0.3, 0.4) is 0 Å². The van der Waals surface area contributed by atoms with Crippen molar-refractivity contribution in [1.29, 1.82) is 0 Å². The Morgan fingerprint density at radius 2 is 1.95 bits per heavy atom. The summed E-state index contributed by atoms with van der Waals surface area (Å²) in [6.07, 6.45) is 5.62. The average Bonchev–Trinajstić information content (AvgIpc) is 3.16. The molecule has 0 aliphatic heterocycles. The van der Waals surface area contributed by atoms with Crippen LogP contribution in [-0.2, 0) is 14.3 Å². The summed E-state index contributed by atoms with van der Waals surface area (Å²) in [7, 11) is 3.61. The van der Waals surface area contributed by atoms with Gasteiger partial charge in [0.1, 0.15) is 5.57 Å². The minimum Gasteiger partial charge on any atom is -0.462 e. The number of carbonyl (C=O) groups is 2. The van der Waals surface area contributed by atoms with Crippen molar-refractivity contribution in [3.05, 3.63) is 11.8 Å². The topological polar surface area (TPSA) is 46.6 Å². The Morgan fingerprint density at radius 1 is 1.32 bits per heavy atom. The Balaban J connectivity index is 2.89. The van der Waals surface area contributed by atoms with E-state index >= 15 is 0 Å². The van der Waals surface area contributed by atoms with Gasteiger partial charge in [-0.3, -0.25) is 4.79 Å². The standard InChI is InChI=1S/C15H25NO3/c1-5-7-12(11-8-9-11)14(17)13(10-16(3)4)15(18)19-6-2/h10-12H,5-9H2,1-4H3/b13-10-. The van der Waals surface area contributed by atoms with E-state index in [1.165, 1.54) is 0 Å². The van der Waals surface area contributed by atoms with E-state index in [2.05, 4.69) is 6.92 Å². The Bertz CT molecular complexity index is 356. The second-order valence-electron chi connectivity index (χ2n) is 5.32. The molecule has 0 aromatic rings. The van der Waals surface area contributed by atoms with Crippen LogP contribution >= 0.6 is 0 Å². The molecule has 0 radical (unpaired) electrons. The molecule has 1 rings (SSSR count). The van der Waals surface area contributed by atoms with Crippen molar-refractivity contribution < 1.29 is 14.3 Å². The van der Waals surface area contributed by atoms with Crippen LogP contribution in [0.1, 0.15) is 39.5 Å². The first-order valence-corrected chi connectivity index (χ1v) is 7.10. The SMILES string of the molecule is CCCC(C(=O)/C(=C/N(C)C)C(=O)OCC)C1CC1. The second-order valence-corrected chi connectivity index (χ2v) is 5.32. The van der Waals surface area contributed by atoms with Crippen LogP contribution in [0, 0.1) is 11.8 Å². The van der Waals surface area contributed by atoms with Crippen molar-refractivity contribution in [2.24, 2.45) is 11.8 Å². The van der Waals surface area contributed by atoms with Gasteiger partial charge in [0.2, 0.25) is 0 Å². The van der Waals surface area contributed by atoms with Gasteiger partial charge in [0, 0.05) is 26.2 Å². The van der Waals surface area contributed by atoms with E-state index in [1.54, 1.807) is 32.1 Å². The third-order valence-corrected chi connectivity index (χ3v) is 3.28. The van der Waals surface area contributed by atoms with E-state index < -0.39 is 5.97 Å². The van der Waals surface area contributed by atoms with E-state index in [9.17, 15) is 9.59 Å². The first-order chi connectivity index (χ1) is 9.01. The molecule has 4 nitrogen and oxygen atoms in total. The fraction of sp³-hybridized carbons (Fsp3) is 0.733. The molecule has 1 aliphatic rings. The van der Waals surface area contributed by atoms with Crippen LogP contribution in [0.25, 0.3) is 0 Å². The van der Waals surface area contributed by atoms with Gasteiger partial charge in [-0.1, -0.05) is 13.3 Å². The van der Waals surface area contributed by atoms with Gasteiger partial charge in [0.05, 0.1) is 6.61 Å². The number of Topliss-reactive ketones (excluding diaryl/α,β-unsaturated/α-hetero) is 1. The van der Waals surface area contributed by atoms with Gasteiger partial charge in [0.25, 0.3) is 0 Å². The van der Waals surface area contributed by atoms with Crippen LogP contribution in [0.15, 0.2) is 11.8 Å². The molecule has 1 unspecified atom stereocenters. The highest BCUT2D eigenvalue weighted by Crippen LogP contribution is 2.40. The van der Waals surface area contributed by atoms with Gasteiger partial charge in [0.15, 0.2) is 5.78 Å². The molecule has 0 N–H and O–H groups in total. The average molecular weight is 267 g/mol. The molecule has 0 saturated heterocycles. The van der Waals surface area contributed by atoms with Crippen molar-refractivity contribution in [2.45, 2.75) is 39.5 Å². The molecule has 0 aromatic heterocycles. The summed E-state index contributed by atoms with van der Waals surface area (Å²) in [5.41, 5.74) is 0.192. The normalized spacial score (nSPS) is 16.9. The lowest BCUT2D eigenvalue weighted by atomic mass is 9.89. The van der Waals surface area contributed by atoms with Gasteiger partial charge in [-0.15, -0.1) is 0 Å². The van der Waals surface area contributed by atoms with E-state index in [4.69, 9.17) is 4.74 Å². The maximum absolute atomic E-state index is 12.6. The minimum atomic E-state index is -0.497. The molecule has 108 valence electrons. The van der Waals surface area contributed by atoms with Gasteiger partial charge in [-0.05, 0) is 32.1 Å². The van der Waals surface area contributed by atoms with E-state index in [0.29, 0.717) is 12.5 Å². The largest absolute Gasteiger partial charge is 0.462 e. The third kappa shape index (κ3) is 4.69. The number of rotatable bonds is 8. The van der Waals surface area contributed by atoms with E-state index in [-0.39, 0.29) is 17.3 Å². The number of hydrogen-bond acceptors (Lipinski definition) is 4. The molecular weight excluding hydrogens is 242 g/mol. The number of carbonyl (C=O) groups excluding carboxylic acids is 2. The Hall–Kier alpha value is -1.32. The third-order valence-electron chi connectivity index (χ3n) is 3.28. The molecule has 4 heteroatoms. The molecule has 0 heterocycles. The lowest BCUT2D eigenvalue weighted by Gasteiger charge is -2.17. The fourth-order valence-electron chi connectivity index (χ4n) is 2.27. The molecule has 0 bridgehead atoms. The molecule has 1 aliphatic carbocycles. The van der Waals surface area contributed by atoms with Crippen molar-refractivity contribution in [2.75, 3.05) is 20.7 Å². The van der Waals surface area contributed by atoms with Crippen molar-refractivity contribution in [3.63, 3.8) is 0 Å². The zero-order valence-electron chi connectivity index (χ0n) is 12.4. The maximum Gasteiger partial charge on any atom is 0.343 e. The smallest absolute Gasteiger partial charge is 0.343 e. The van der Waals surface area contributed by atoms with Crippen molar-refractivity contribution >= 4 is 11.8 Å². The Kier molecular flexibility index (Phi) is 6.06. The summed E-state index contributed by atoms with van der Waals surface area (Å²) in [5.74, 6) is -0.0903. The van der Waals surface area contributed by atoms with E-state index in [0.717, 1.165) is 25.7 Å². The number of esters is 1. The quantitative estimate of drug-likeness (QED) is 0.293. The van der Waals surface area contributed by atoms with Gasteiger partial charge >= 0.3 is 5.97 Å². The molecule has 1 atom stereocenters. The van der Waals surface area contributed by atoms with Gasteiger partial charge in [-0.2, -0.15) is 0 Å². The molecule has 0 aromatic carbocycles. The number of ether oxygens (including phenoxy) is 1. The van der Waals surface area contributed by atoms with Crippen LogP contribution in [-0.4, -0.2) is 37.4 Å². The van der Waals surface area contributed by atoms with Crippen LogP contribution in [0.4, 0.5) is 0 Å². The zero-order valence-corrected chi connectivity index (χ0v) is 12.4. The number of ketones is 1. The number of nitrogens with zero attached hydrogens (tertiary/aromatic N) is 1. The first-order valence-electron chi connectivity index (χ1n) is 7.10. The van der Waals surface area contributed by atoms with Crippen LogP contribution in [0.5, 0.6) is 0 Å². The van der Waals surface area contributed by atoms with E-state index in [1.807, 2.05) is 0 Å². The summed E-state index contributed by atoms with van der Waals surface area (Å²) >= 11 is 0. The summed E-state index contributed by atoms with van der Waals surface area (Å²) in [6, 6.07) is 0. The second kappa shape index (κ2) is 7.31. The Morgan fingerprint density at radius 3 is 2.37 bits per heavy atom. The maximum atomic E-state index is 12.6. The highest BCUT2D eigenvalue weighted by molar-refractivity contribution is 6.18. The predicted molar refractivity (Wildman–Crippen MR) is 74.5 cm³/mol. The summed E-state index contributed by atoms with van der Waals surface area (Å²) in [5, 5.41) is 0. The molecule has 0 spiro atoms. The van der Waals surface area contributed by atoms with Crippen LogP contribution in [0.2, 0.25) is 0 Å². The first kappa shape index (κ1) is 15.7.